The largest absolute Gasteiger partial charge is 0.469 e. The van der Waals surface area contributed by atoms with Crippen molar-refractivity contribution in [2.45, 2.75) is 39.3 Å². The van der Waals surface area contributed by atoms with E-state index in [1.165, 1.54) is 11.1 Å². The molecule has 6 heteroatoms. The van der Waals surface area contributed by atoms with Gasteiger partial charge in [0.1, 0.15) is 5.76 Å². The van der Waals surface area contributed by atoms with Gasteiger partial charge in [0.2, 0.25) is 0 Å². The molecule has 1 aliphatic heterocycles. The molecule has 1 saturated heterocycles. The molecule has 0 amide bonds. The molecule has 0 aliphatic carbocycles. The lowest BCUT2D eigenvalue weighted by atomic mass is 10.1. The third-order valence-corrected chi connectivity index (χ3v) is 5.09. The summed E-state index contributed by atoms with van der Waals surface area (Å²) in [6.45, 7) is 9.19. The first-order valence-electron chi connectivity index (χ1n) is 10.8. The Morgan fingerprint density at radius 2 is 1.83 bits per heavy atom. The zero-order valence-electron chi connectivity index (χ0n) is 17.5. The van der Waals surface area contributed by atoms with Crippen LogP contribution in [0.3, 0.4) is 0 Å². The summed E-state index contributed by atoms with van der Waals surface area (Å²) in [4.78, 5) is 7.31. The normalized spacial score (nSPS) is 15.4. The van der Waals surface area contributed by atoms with Crippen LogP contribution >= 0.6 is 0 Å². The van der Waals surface area contributed by atoms with Crippen LogP contribution in [0.25, 0.3) is 0 Å². The molecular weight excluding hydrogens is 364 g/mol. The number of rotatable bonds is 10. The van der Waals surface area contributed by atoms with E-state index in [2.05, 4.69) is 46.7 Å². The van der Waals surface area contributed by atoms with Gasteiger partial charge in [0.15, 0.2) is 5.96 Å². The van der Waals surface area contributed by atoms with Crippen molar-refractivity contribution in [3.8, 4) is 0 Å². The Bertz CT molecular complexity index is 724. The molecule has 3 rings (SSSR count). The summed E-state index contributed by atoms with van der Waals surface area (Å²) >= 11 is 0. The predicted molar refractivity (Wildman–Crippen MR) is 117 cm³/mol. The third-order valence-electron chi connectivity index (χ3n) is 5.09. The Labute approximate surface area is 174 Å². The molecule has 2 heterocycles. The summed E-state index contributed by atoms with van der Waals surface area (Å²) in [5.74, 6) is 1.85. The van der Waals surface area contributed by atoms with Crippen LogP contribution in [0, 0.1) is 0 Å². The standard InChI is InChI=1S/C23H34N4O2/c1-2-3-11-24-23(25-12-10-22-9-6-15-29-22)26-18-20-7-4-5-8-21(20)19-27-13-16-28-17-14-27/h4-9,15H,2-3,10-14,16-19H2,1H3,(H2,24,25,26). The third kappa shape index (κ3) is 7.55. The van der Waals surface area contributed by atoms with Crippen molar-refractivity contribution < 1.29 is 9.15 Å². The maximum Gasteiger partial charge on any atom is 0.191 e. The maximum atomic E-state index is 5.47. The van der Waals surface area contributed by atoms with E-state index in [4.69, 9.17) is 14.1 Å². The molecule has 1 fully saturated rings. The number of morpholine rings is 1. The zero-order valence-corrected chi connectivity index (χ0v) is 17.5. The van der Waals surface area contributed by atoms with Gasteiger partial charge in [-0.15, -0.1) is 0 Å². The molecule has 0 unspecified atom stereocenters. The molecule has 1 aromatic heterocycles. The predicted octanol–water partition coefficient (Wildman–Crippen LogP) is 3.19. The van der Waals surface area contributed by atoms with Crippen LogP contribution in [0.15, 0.2) is 52.1 Å². The van der Waals surface area contributed by atoms with Crippen molar-refractivity contribution in [2.24, 2.45) is 4.99 Å². The molecule has 0 bridgehead atoms. The van der Waals surface area contributed by atoms with Gasteiger partial charge >= 0.3 is 0 Å². The number of furan rings is 1. The topological polar surface area (TPSA) is 62.0 Å². The number of aliphatic imine (C=N–C) groups is 1. The second-order valence-electron chi connectivity index (χ2n) is 7.36. The highest BCUT2D eigenvalue weighted by atomic mass is 16.5. The molecule has 0 saturated carbocycles. The molecule has 6 nitrogen and oxygen atoms in total. The van der Waals surface area contributed by atoms with Crippen molar-refractivity contribution in [3.05, 3.63) is 59.5 Å². The quantitative estimate of drug-likeness (QED) is 0.366. The highest BCUT2D eigenvalue weighted by Crippen LogP contribution is 2.14. The Hall–Kier alpha value is -2.31. The van der Waals surface area contributed by atoms with Gasteiger partial charge in [-0.2, -0.15) is 0 Å². The fourth-order valence-electron chi connectivity index (χ4n) is 3.35. The Morgan fingerprint density at radius 3 is 2.59 bits per heavy atom. The van der Waals surface area contributed by atoms with Crippen molar-refractivity contribution in [1.82, 2.24) is 15.5 Å². The van der Waals surface area contributed by atoms with Crippen LogP contribution in [-0.2, 0) is 24.2 Å². The molecule has 29 heavy (non-hydrogen) atoms. The van der Waals surface area contributed by atoms with Gasteiger partial charge in [-0.05, 0) is 29.7 Å². The van der Waals surface area contributed by atoms with E-state index in [1.54, 1.807) is 6.26 Å². The SMILES string of the molecule is CCCCNC(=NCc1ccccc1CN1CCOCC1)NCCc1ccco1. The fourth-order valence-corrected chi connectivity index (χ4v) is 3.35. The van der Waals surface area contributed by atoms with E-state index >= 15 is 0 Å². The molecule has 2 aromatic rings. The van der Waals surface area contributed by atoms with Gasteiger partial charge in [0.05, 0.1) is 26.0 Å². The van der Waals surface area contributed by atoms with Crippen molar-refractivity contribution in [2.75, 3.05) is 39.4 Å². The average molecular weight is 399 g/mol. The first-order chi connectivity index (χ1) is 14.3. The van der Waals surface area contributed by atoms with E-state index < -0.39 is 0 Å². The molecule has 0 atom stereocenters. The number of unbranched alkanes of at least 4 members (excludes halogenated alkanes) is 1. The monoisotopic (exact) mass is 398 g/mol. The summed E-state index contributed by atoms with van der Waals surface area (Å²) in [5, 5.41) is 6.89. The van der Waals surface area contributed by atoms with Gasteiger partial charge in [-0.3, -0.25) is 4.90 Å². The van der Waals surface area contributed by atoms with Gasteiger partial charge in [0.25, 0.3) is 0 Å². The first-order valence-corrected chi connectivity index (χ1v) is 10.8. The lowest BCUT2D eigenvalue weighted by Crippen LogP contribution is -2.39. The number of guanidine groups is 1. The highest BCUT2D eigenvalue weighted by Gasteiger charge is 2.12. The second kappa shape index (κ2) is 12.3. The van der Waals surface area contributed by atoms with Crippen LogP contribution < -0.4 is 10.6 Å². The number of nitrogens with one attached hydrogen (secondary N) is 2. The fraction of sp³-hybridized carbons (Fsp3) is 0.522. The number of nitrogens with zero attached hydrogens (tertiary/aromatic N) is 2. The van der Waals surface area contributed by atoms with E-state index in [1.807, 2.05) is 12.1 Å². The summed E-state index contributed by atoms with van der Waals surface area (Å²) < 4.78 is 10.9. The number of hydrogen-bond donors (Lipinski definition) is 2. The summed E-state index contributed by atoms with van der Waals surface area (Å²) in [5.41, 5.74) is 2.63. The maximum absolute atomic E-state index is 5.47. The Kier molecular flexibility index (Phi) is 9.07. The molecule has 1 aliphatic rings. The lowest BCUT2D eigenvalue weighted by molar-refractivity contribution is 0.0341. The van der Waals surface area contributed by atoms with Crippen LogP contribution in [-0.4, -0.2) is 50.3 Å². The van der Waals surface area contributed by atoms with E-state index in [0.717, 1.165) is 76.9 Å². The van der Waals surface area contributed by atoms with Gasteiger partial charge < -0.3 is 19.8 Å². The van der Waals surface area contributed by atoms with Crippen LogP contribution in [0.2, 0.25) is 0 Å². The second-order valence-corrected chi connectivity index (χ2v) is 7.36. The minimum atomic E-state index is 0.669. The average Bonchev–Trinajstić information content (AvgIpc) is 3.27. The van der Waals surface area contributed by atoms with Crippen LogP contribution in [0.5, 0.6) is 0 Å². The lowest BCUT2D eigenvalue weighted by Gasteiger charge is -2.27. The minimum Gasteiger partial charge on any atom is -0.469 e. The van der Waals surface area contributed by atoms with Crippen molar-refractivity contribution >= 4 is 5.96 Å². The molecule has 158 valence electrons. The van der Waals surface area contributed by atoms with Gasteiger partial charge in [-0.1, -0.05) is 37.6 Å². The van der Waals surface area contributed by atoms with Crippen LogP contribution in [0.4, 0.5) is 0 Å². The van der Waals surface area contributed by atoms with E-state index in [9.17, 15) is 0 Å². The Balaban J connectivity index is 1.59. The minimum absolute atomic E-state index is 0.669. The molecule has 2 N–H and O–H groups in total. The summed E-state index contributed by atoms with van der Waals surface area (Å²) in [6.07, 6.45) is 4.85. The summed E-state index contributed by atoms with van der Waals surface area (Å²) in [7, 11) is 0. The number of ether oxygens (including phenoxy) is 1. The zero-order chi connectivity index (χ0) is 20.2. The number of benzene rings is 1. The molecule has 0 spiro atoms. The Morgan fingerprint density at radius 1 is 1.03 bits per heavy atom. The van der Waals surface area contributed by atoms with Gasteiger partial charge in [-0.25, -0.2) is 4.99 Å². The smallest absolute Gasteiger partial charge is 0.191 e. The van der Waals surface area contributed by atoms with Crippen LogP contribution in [0.1, 0.15) is 36.7 Å². The number of hydrogen-bond acceptors (Lipinski definition) is 4. The van der Waals surface area contributed by atoms with Crippen molar-refractivity contribution in [1.29, 1.82) is 0 Å². The molecule has 0 radical (unpaired) electrons. The summed E-state index contributed by atoms with van der Waals surface area (Å²) in [6, 6.07) is 12.5. The van der Waals surface area contributed by atoms with E-state index in [-0.39, 0.29) is 0 Å². The van der Waals surface area contributed by atoms with Gasteiger partial charge in [0, 0.05) is 39.1 Å². The van der Waals surface area contributed by atoms with Crippen molar-refractivity contribution in [3.63, 3.8) is 0 Å². The first kappa shape index (κ1) is 21.4. The van der Waals surface area contributed by atoms with E-state index in [0.29, 0.717) is 6.54 Å². The molecular formula is C23H34N4O2. The molecule has 1 aromatic carbocycles. The highest BCUT2D eigenvalue weighted by molar-refractivity contribution is 5.79.